The van der Waals surface area contributed by atoms with E-state index >= 15 is 0 Å². The number of aliphatic hydroxyl groups excluding tert-OH is 1. The van der Waals surface area contributed by atoms with Crippen LogP contribution in [0.2, 0.25) is 0 Å². The van der Waals surface area contributed by atoms with Crippen molar-refractivity contribution in [3.8, 4) is 0 Å². The first-order valence-corrected chi connectivity index (χ1v) is 7.98. The molecule has 1 rings (SSSR count). The monoisotopic (exact) mass is 283 g/mol. The number of rotatable bonds is 6. The summed E-state index contributed by atoms with van der Waals surface area (Å²) < 4.78 is 12.4. The first-order chi connectivity index (χ1) is 8.84. The van der Waals surface area contributed by atoms with Gasteiger partial charge >= 0.3 is 0 Å². The third kappa shape index (κ3) is 4.41. The molecule has 3 atom stereocenters. The Morgan fingerprint density at radius 2 is 1.79 bits per heavy atom. The van der Waals surface area contributed by atoms with E-state index in [9.17, 15) is 9.32 Å². The molecule has 1 aromatic rings. The molecule has 0 heterocycles. The molecule has 1 aromatic carbocycles. The number of hydrogen-bond donors (Lipinski definition) is 1. The van der Waals surface area contributed by atoms with Crippen LogP contribution in [-0.2, 0) is 10.8 Å². The van der Waals surface area contributed by atoms with Crippen LogP contribution in [0.3, 0.4) is 0 Å². The zero-order valence-electron chi connectivity index (χ0n) is 12.5. The second kappa shape index (κ2) is 7.17. The van der Waals surface area contributed by atoms with Gasteiger partial charge in [-0.15, -0.1) is 0 Å². The Kier molecular flexibility index (Phi) is 6.17. The predicted molar refractivity (Wildman–Crippen MR) is 80.7 cm³/mol. The van der Waals surface area contributed by atoms with Crippen molar-refractivity contribution in [3.05, 3.63) is 29.8 Å². The van der Waals surface area contributed by atoms with Crippen molar-refractivity contribution in [2.75, 3.05) is 19.8 Å². The summed E-state index contributed by atoms with van der Waals surface area (Å²) in [5.74, 6) is 0.428. The molecule has 0 saturated carbocycles. The molecule has 1 unspecified atom stereocenters. The van der Waals surface area contributed by atoms with Crippen molar-refractivity contribution in [2.45, 2.75) is 37.8 Å². The van der Waals surface area contributed by atoms with Gasteiger partial charge in [-0.05, 0) is 38.6 Å². The molecule has 0 spiro atoms. The van der Waals surface area contributed by atoms with Crippen LogP contribution in [0.25, 0.3) is 0 Å². The minimum atomic E-state index is -1.16. The number of benzene rings is 1. The van der Waals surface area contributed by atoms with E-state index in [1.807, 2.05) is 52.2 Å². The molecule has 3 nitrogen and oxygen atoms in total. The molecule has 0 amide bonds. The largest absolute Gasteiger partial charge is 0.392 e. The number of nitrogens with zero attached hydrogens (tertiary/aromatic N) is 1. The van der Waals surface area contributed by atoms with Gasteiger partial charge in [0.25, 0.3) is 0 Å². The van der Waals surface area contributed by atoms with E-state index in [1.54, 1.807) is 0 Å². The quantitative estimate of drug-likeness (QED) is 0.872. The van der Waals surface area contributed by atoms with Crippen LogP contribution in [0.15, 0.2) is 29.2 Å². The Balaban J connectivity index is 2.97. The van der Waals surface area contributed by atoms with Crippen LogP contribution in [0.5, 0.6) is 0 Å². The second-order valence-corrected chi connectivity index (χ2v) is 6.97. The molecule has 4 heteroatoms. The van der Waals surface area contributed by atoms with Crippen molar-refractivity contribution >= 4 is 10.8 Å². The lowest BCUT2D eigenvalue weighted by Gasteiger charge is -2.23. The van der Waals surface area contributed by atoms with Gasteiger partial charge in [0.1, 0.15) is 0 Å². The van der Waals surface area contributed by atoms with Gasteiger partial charge in [-0.25, -0.2) is 0 Å². The molecule has 0 aromatic heterocycles. The maximum absolute atomic E-state index is 12.4. The zero-order valence-corrected chi connectivity index (χ0v) is 13.3. The van der Waals surface area contributed by atoms with E-state index in [0.29, 0.717) is 5.75 Å². The molecule has 0 aliphatic rings. The van der Waals surface area contributed by atoms with Crippen LogP contribution < -0.4 is 0 Å². The Bertz CT molecular complexity index is 432. The Morgan fingerprint density at radius 3 is 2.32 bits per heavy atom. The highest BCUT2D eigenvalue weighted by atomic mass is 32.2. The number of hydrogen-bond acceptors (Lipinski definition) is 3. The van der Waals surface area contributed by atoms with Gasteiger partial charge in [-0.3, -0.25) is 4.21 Å². The molecular formula is C15H25NO2S. The standard InChI is InChI=1S/C15H25NO2S/c1-11(2)14(17)10-19(18)15-9-7-6-8-13(15)12(3)16(4)5/h6-9,11-12,14,17H,10H2,1-5H3/t12-,14-,19?/m1/s1. The van der Waals surface area contributed by atoms with Crippen LogP contribution in [0, 0.1) is 5.92 Å². The third-order valence-electron chi connectivity index (χ3n) is 3.48. The van der Waals surface area contributed by atoms with Crippen LogP contribution in [-0.4, -0.2) is 40.2 Å². The van der Waals surface area contributed by atoms with Crippen LogP contribution in [0.1, 0.15) is 32.4 Å². The molecule has 0 aliphatic heterocycles. The lowest BCUT2D eigenvalue weighted by Crippen LogP contribution is -2.24. The van der Waals surface area contributed by atoms with Gasteiger partial charge in [0, 0.05) is 10.9 Å². The van der Waals surface area contributed by atoms with Crippen LogP contribution >= 0.6 is 0 Å². The fraction of sp³-hybridized carbons (Fsp3) is 0.600. The highest BCUT2D eigenvalue weighted by Crippen LogP contribution is 2.25. The Hall–Kier alpha value is -0.710. The molecule has 0 fully saturated rings. The first-order valence-electron chi connectivity index (χ1n) is 6.66. The fourth-order valence-corrected chi connectivity index (χ4v) is 3.35. The van der Waals surface area contributed by atoms with Gasteiger partial charge in [0.05, 0.1) is 22.7 Å². The SMILES string of the molecule is CC(C)[C@H](O)CS(=O)c1ccccc1[C@@H](C)N(C)C. The summed E-state index contributed by atoms with van der Waals surface area (Å²) in [5, 5.41) is 9.89. The predicted octanol–water partition coefficient (Wildman–Crippen LogP) is 2.43. The van der Waals surface area contributed by atoms with Gasteiger partial charge in [0.15, 0.2) is 0 Å². The van der Waals surface area contributed by atoms with Gasteiger partial charge in [0.2, 0.25) is 0 Å². The molecular weight excluding hydrogens is 258 g/mol. The molecule has 0 bridgehead atoms. The van der Waals surface area contributed by atoms with E-state index in [-0.39, 0.29) is 12.0 Å². The van der Waals surface area contributed by atoms with Crippen LogP contribution in [0.4, 0.5) is 0 Å². The summed E-state index contributed by atoms with van der Waals surface area (Å²) in [6.07, 6.45) is -0.524. The van der Waals surface area contributed by atoms with E-state index in [0.717, 1.165) is 10.5 Å². The normalized spacial score (nSPS) is 16.6. The molecule has 0 radical (unpaired) electrons. The molecule has 1 N–H and O–H groups in total. The average molecular weight is 283 g/mol. The van der Waals surface area contributed by atoms with Crippen molar-refractivity contribution in [1.29, 1.82) is 0 Å². The maximum Gasteiger partial charge on any atom is 0.0681 e. The fourth-order valence-electron chi connectivity index (χ4n) is 1.75. The summed E-state index contributed by atoms with van der Waals surface area (Å²) in [6.45, 7) is 5.97. The van der Waals surface area contributed by atoms with Crippen molar-refractivity contribution in [3.63, 3.8) is 0 Å². The van der Waals surface area contributed by atoms with Crippen molar-refractivity contribution in [2.24, 2.45) is 5.92 Å². The van der Waals surface area contributed by atoms with Gasteiger partial charge in [-0.2, -0.15) is 0 Å². The maximum atomic E-state index is 12.4. The lowest BCUT2D eigenvalue weighted by molar-refractivity contribution is 0.148. The summed E-state index contributed by atoms with van der Waals surface area (Å²) in [5.41, 5.74) is 1.07. The second-order valence-electron chi connectivity index (χ2n) is 5.50. The summed E-state index contributed by atoms with van der Waals surface area (Å²) in [6, 6.07) is 7.99. The Morgan fingerprint density at radius 1 is 1.21 bits per heavy atom. The molecule has 108 valence electrons. The third-order valence-corrected chi connectivity index (χ3v) is 4.99. The van der Waals surface area contributed by atoms with Crippen molar-refractivity contribution < 1.29 is 9.32 Å². The van der Waals surface area contributed by atoms with Gasteiger partial charge < -0.3 is 10.0 Å². The summed E-state index contributed by atoms with van der Waals surface area (Å²) in [4.78, 5) is 2.93. The van der Waals surface area contributed by atoms with Crippen molar-refractivity contribution in [1.82, 2.24) is 4.90 Å². The summed E-state index contributed by atoms with van der Waals surface area (Å²) >= 11 is 0. The topological polar surface area (TPSA) is 40.5 Å². The smallest absolute Gasteiger partial charge is 0.0681 e. The average Bonchev–Trinajstić information content (AvgIpc) is 2.37. The summed E-state index contributed by atoms with van der Waals surface area (Å²) in [7, 11) is 2.86. The zero-order chi connectivity index (χ0) is 14.6. The molecule has 0 saturated heterocycles. The molecule has 19 heavy (non-hydrogen) atoms. The first kappa shape index (κ1) is 16.3. The molecule has 0 aliphatic carbocycles. The van der Waals surface area contributed by atoms with E-state index in [1.165, 1.54) is 0 Å². The van der Waals surface area contributed by atoms with E-state index < -0.39 is 16.9 Å². The lowest BCUT2D eigenvalue weighted by atomic mass is 10.1. The highest BCUT2D eigenvalue weighted by molar-refractivity contribution is 7.85. The van der Waals surface area contributed by atoms with Gasteiger partial charge in [-0.1, -0.05) is 32.0 Å². The highest BCUT2D eigenvalue weighted by Gasteiger charge is 2.19. The Labute approximate surface area is 119 Å². The minimum absolute atomic E-state index is 0.127. The van der Waals surface area contributed by atoms with E-state index in [2.05, 4.69) is 11.8 Å². The van der Waals surface area contributed by atoms with E-state index in [4.69, 9.17) is 0 Å². The number of aliphatic hydroxyl groups is 1. The minimum Gasteiger partial charge on any atom is -0.392 e.